The number of nitrogens with zero attached hydrogens (tertiary/aromatic N) is 2. The molecule has 0 radical (unpaired) electrons. The molecule has 2 aromatic rings. The predicted octanol–water partition coefficient (Wildman–Crippen LogP) is 1.69. The predicted molar refractivity (Wildman–Crippen MR) is 79.7 cm³/mol. The first kappa shape index (κ1) is 15.2. The normalized spacial score (nSPS) is 12.5. The maximum atomic E-state index is 12.1. The summed E-state index contributed by atoms with van der Waals surface area (Å²) >= 11 is 0. The van der Waals surface area contributed by atoms with E-state index in [1.807, 2.05) is 6.07 Å². The van der Waals surface area contributed by atoms with E-state index in [0.29, 0.717) is 5.06 Å². The van der Waals surface area contributed by atoms with Crippen LogP contribution in [-0.4, -0.2) is 29.5 Å². The molecule has 7 heteroatoms. The standard InChI is InChI=1S/C17H10N2O5/c18-9-11-5-1-4-8-14(11)23-10-15(20)24-19-16(21)12-6-2-3-7-13(12)17(19)22/h1-8H,10H2. The van der Waals surface area contributed by atoms with Crippen LogP contribution < -0.4 is 4.74 Å². The number of carbonyl (C=O) groups is 3. The molecule has 24 heavy (non-hydrogen) atoms. The number of hydrogen-bond acceptors (Lipinski definition) is 6. The molecular weight excluding hydrogens is 312 g/mol. The molecule has 0 aliphatic carbocycles. The number of amides is 2. The number of fused-ring (bicyclic) bond motifs is 1. The lowest BCUT2D eigenvalue weighted by molar-refractivity contribution is -0.170. The van der Waals surface area contributed by atoms with Gasteiger partial charge in [0.05, 0.1) is 16.7 Å². The molecule has 0 aromatic heterocycles. The summed E-state index contributed by atoms with van der Waals surface area (Å²) in [7, 11) is 0. The van der Waals surface area contributed by atoms with Crippen molar-refractivity contribution in [2.75, 3.05) is 6.61 Å². The zero-order valence-electron chi connectivity index (χ0n) is 12.3. The third-order valence-electron chi connectivity index (χ3n) is 3.30. The molecule has 0 spiro atoms. The van der Waals surface area contributed by atoms with Crippen molar-refractivity contribution in [1.29, 1.82) is 5.26 Å². The summed E-state index contributed by atoms with van der Waals surface area (Å²) < 4.78 is 5.20. The Kier molecular flexibility index (Phi) is 3.95. The van der Waals surface area contributed by atoms with Gasteiger partial charge in [-0.25, -0.2) is 4.79 Å². The van der Waals surface area contributed by atoms with E-state index in [1.54, 1.807) is 24.3 Å². The van der Waals surface area contributed by atoms with Crippen LogP contribution in [0.4, 0.5) is 0 Å². The Hall–Kier alpha value is -3.66. The molecular formula is C17H10N2O5. The van der Waals surface area contributed by atoms with Crippen molar-refractivity contribution in [3.05, 3.63) is 65.2 Å². The number of benzene rings is 2. The molecule has 1 aliphatic rings. The fourth-order valence-electron chi connectivity index (χ4n) is 2.20. The molecule has 3 rings (SSSR count). The fourth-order valence-corrected chi connectivity index (χ4v) is 2.20. The van der Waals surface area contributed by atoms with Crippen LogP contribution in [0.15, 0.2) is 48.5 Å². The highest BCUT2D eigenvalue weighted by molar-refractivity contribution is 6.20. The largest absolute Gasteiger partial charge is 0.480 e. The lowest BCUT2D eigenvalue weighted by Crippen LogP contribution is -2.34. The molecule has 0 fully saturated rings. The van der Waals surface area contributed by atoms with Crippen LogP contribution in [-0.2, 0) is 9.63 Å². The topological polar surface area (TPSA) is 96.7 Å². The maximum absolute atomic E-state index is 12.1. The smallest absolute Gasteiger partial charge is 0.370 e. The van der Waals surface area contributed by atoms with Gasteiger partial charge in [-0.2, -0.15) is 5.26 Å². The first-order valence-electron chi connectivity index (χ1n) is 6.92. The van der Waals surface area contributed by atoms with Gasteiger partial charge in [-0.05, 0) is 24.3 Å². The van der Waals surface area contributed by atoms with Crippen molar-refractivity contribution in [1.82, 2.24) is 5.06 Å². The Balaban J connectivity index is 1.65. The fraction of sp³-hybridized carbons (Fsp3) is 0.0588. The number of rotatable bonds is 4. The van der Waals surface area contributed by atoms with E-state index in [4.69, 9.17) is 14.8 Å². The van der Waals surface area contributed by atoms with Gasteiger partial charge >= 0.3 is 5.97 Å². The molecule has 7 nitrogen and oxygen atoms in total. The molecule has 0 saturated heterocycles. The number of hydrogen-bond donors (Lipinski definition) is 0. The van der Waals surface area contributed by atoms with Crippen molar-refractivity contribution in [2.24, 2.45) is 0 Å². The van der Waals surface area contributed by atoms with Crippen LogP contribution in [0.5, 0.6) is 5.75 Å². The number of hydroxylamine groups is 2. The van der Waals surface area contributed by atoms with Gasteiger partial charge in [-0.3, -0.25) is 9.59 Å². The SMILES string of the molecule is N#Cc1ccccc1OCC(=O)ON1C(=O)c2ccccc2C1=O. The molecule has 1 aliphatic heterocycles. The van der Waals surface area contributed by atoms with Gasteiger partial charge in [0, 0.05) is 0 Å². The Bertz CT molecular complexity index is 850. The average molecular weight is 322 g/mol. The summed E-state index contributed by atoms with van der Waals surface area (Å²) in [5.41, 5.74) is 0.600. The lowest BCUT2D eigenvalue weighted by atomic mass is 10.1. The molecule has 1 heterocycles. The van der Waals surface area contributed by atoms with Crippen LogP contribution in [0.3, 0.4) is 0 Å². The van der Waals surface area contributed by atoms with Gasteiger partial charge in [0.1, 0.15) is 11.8 Å². The van der Waals surface area contributed by atoms with Crippen LogP contribution in [0.25, 0.3) is 0 Å². The van der Waals surface area contributed by atoms with Crippen molar-refractivity contribution in [3.63, 3.8) is 0 Å². The Morgan fingerprint density at radius 1 is 1.00 bits per heavy atom. The second kappa shape index (κ2) is 6.22. The molecule has 0 unspecified atom stereocenters. The molecule has 118 valence electrons. The second-order valence-electron chi connectivity index (χ2n) is 4.81. The number of imide groups is 1. The summed E-state index contributed by atoms with van der Waals surface area (Å²) in [4.78, 5) is 40.8. The number of nitriles is 1. The zero-order valence-corrected chi connectivity index (χ0v) is 12.3. The minimum Gasteiger partial charge on any atom is -0.480 e. The average Bonchev–Trinajstić information content (AvgIpc) is 2.85. The maximum Gasteiger partial charge on any atom is 0.370 e. The van der Waals surface area contributed by atoms with E-state index >= 15 is 0 Å². The molecule has 2 amide bonds. The molecule has 0 atom stereocenters. The van der Waals surface area contributed by atoms with Gasteiger partial charge in [0.25, 0.3) is 11.8 Å². The van der Waals surface area contributed by atoms with Gasteiger partial charge < -0.3 is 9.57 Å². The quantitative estimate of drug-likeness (QED) is 0.795. The third-order valence-corrected chi connectivity index (χ3v) is 3.30. The summed E-state index contributed by atoms with van der Waals surface area (Å²) in [5.74, 6) is -2.14. The Morgan fingerprint density at radius 3 is 2.21 bits per heavy atom. The third kappa shape index (κ3) is 2.68. The monoisotopic (exact) mass is 322 g/mol. The highest BCUT2D eigenvalue weighted by Gasteiger charge is 2.38. The molecule has 0 saturated carbocycles. The minimum absolute atomic E-state index is 0.172. The van der Waals surface area contributed by atoms with Gasteiger partial charge in [-0.1, -0.05) is 29.3 Å². The Morgan fingerprint density at radius 2 is 1.58 bits per heavy atom. The highest BCUT2D eigenvalue weighted by atomic mass is 16.7. The second-order valence-corrected chi connectivity index (χ2v) is 4.81. The first-order valence-corrected chi connectivity index (χ1v) is 6.92. The first-order chi connectivity index (χ1) is 11.6. The van der Waals surface area contributed by atoms with Crippen molar-refractivity contribution in [2.45, 2.75) is 0 Å². The van der Waals surface area contributed by atoms with Crippen LogP contribution >= 0.6 is 0 Å². The van der Waals surface area contributed by atoms with Gasteiger partial charge in [-0.15, -0.1) is 0 Å². The minimum atomic E-state index is -0.933. The van der Waals surface area contributed by atoms with Crippen LogP contribution in [0.2, 0.25) is 0 Å². The van der Waals surface area contributed by atoms with E-state index in [9.17, 15) is 14.4 Å². The molecule has 0 N–H and O–H groups in total. The Labute approximate surface area is 136 Å². The summed E-state index contributed by atoms with van der Waals surface area (Å²) in [6.45, 7) is -0.550. The van der Waals surface area contributed by atoms with E-state index in [1.165, 1.54) is 24.3 Å². The van der Waals surface area contributed by atoms with Gasteiger partial charge in [0.15, 0.2) is 6.61 Å². The summed E-state index contributed by atoms with van der Waals surface area (Å²) in [6, 6.07) is 14.4. The van der Waals surface area contributed by atoms with Crippen molar-refractivity contribution < 1.29 is 24.0 Å². The molecule has 0 bridgehead atoms. The number of ether oxygens (including phenoxy) is 1. The van der Waals surface area contributed by atoms with E-state index in [-0.39, 0.29) is 22.4 Å². The van der Waals surface area contributed by atoms with Crippen molar-refractivity contribution in [3.8, 4) is 11.8 Å². The van der Waals surface area contributed by atoms with E-state index in [2.05, 4.69) is 0 Å². The van der Waals surface area contributed by atoms with Gasteiger partial charge in [0.2, 0.25) is 0 Å². The number of para-hydroxylation sites is 1. The summed E-state index contributed by atoms with van der Waals surface area (Å²) in [6.07, 6.45) is 0. The molecule has 2 aromatic carbocycles. The van der Waals surface area contributed by atoms with Crippen molar-refractivity contribution >= 4 is 17.8 Å². The van der Waals surface area contributed by atoms with E-state index in [0.717, 1.165) is 0 Å². The number of carbonyl (C=O) groups excluding carboxylic acids is 3. The zero-order chi connectivity index (χ0) is 17.1. The summed E-state index contributed by atoms with van der Waals surface area (Å²) in [5, 5.41) is 9.35. The van der Waals surface area contributed by atoms with Crippen LogP contribution in [0, 0.1) is 11.3 Å². The highest BCUT2D eigenvalue weighted by Crippen LogP contribution is 2.23. The lowest BCUT2D eigenvalue weighted by Gasteiger charge is -2.13. The van der Waals surface area contributed by atoms with E-state index < -0.39 is 24.4 Å². The van der Waals surface area contributed by atoms with Crippen LogP contribution in [0.1, 0.15) is 26.3 Å².